The lowest BCUT2D eigenvalue weighted by Crippen LogP contribution is -2.25. The third-order valence-corrected chi connectivity index (χ3v) is 7.11. The highest BCUT2D eigenvalue weighted by atomic mass is 31.2. The molecular weight excluding hydrogens is 545 g/mol. The van der Waals surface area contributed by atoms with Crippen LogP contribution in [0.1, 0.15) is 58.4 Å². The summed E-state index contributed by atoms with van der Waals surface area (Å²) in [7, 11) is -2.57. The topological polar surface area (TPSA) is 114 Å². The molecule has 1 aromatic carbocycles. The van der Waals surface area contributed by atoms with Gasteiger partial charge in [0.1, 0.15) is 5.52 Å². The molecule has 0 aliphatic rings. The van der Waals surface area contributed by atoms with Gasteiger partial charge in [-0.3, -0.25) is 18.4 Å². The summed E-state index contributed by atoms with van der Waals surface area (Å²) in [5.74, 6) is -2.77. The number of phosphoric acid groups is 1. The highest BCUT2D eigenvalue weighted by molar-refractivity contribution is 7.48. The van der Waals surface area contributed by atoms with E-state index in [0.29, 0.717) is 28.2 Å². The Morgan fingerprint density at radius 1 is 1.12 bits per heavy atom. The first-order valence-electron chi connectivity index (χ1n) is 12.4. The first-order valence-corrected chi connectivity index (χ1v) is 13.9. The van der Waals surface area contributed by atoms with Gasteiger partial charge in [-0.1, -0.05) is 12.1 Å². The van der Waals surface area contributed by atoms with E-state index in [1.165, 1.54) is 30.1 Å². The fourth-order valence-corrected chi connectivity index (χ4v) is 5.38. The van der Waals surface area contributed by atoms with Crippen molar-refractivity contribution in [3.63, 3.8) is 0 Å². The van der Waals surface area contributed by atoms with Gasteiger partial charge in [-0.15, -0.1) is 0 Å². The summed E-state index contributed by atoms with van der Waals surface area (Å²) in [6.45, 7) is 13.2. The number of nitrogens with one attached hydrogen (secondary N) is 1. The van der Waals surface area contributed by atoms with Gasteiger partial charge in [0.15, 0.2) is 18.4 Å². The number of nitrogens with zero attached hydrogens (tertiary/aromatic N) is 3. The van der Waals surface area contributed by atoms with Crippen LogP contribution in [0.5, 0.6) is 5.88 Å². The molecule has 40 heavy (non-hydrogen) atoms. The van der Waals surface area contributed by atoms with E-state index in [1.54, 1.807) is 61.5 Å². The molecule has 0 aliphatic carbocycles. The number of fused-ring (bicyclic) bond motifs is 1. The highest BCUT2D eigenvalue weighted by Crippen LogP contribution is 2.55. The van der Waals surface area contributed by atoms with Crippen molar-refractivity contribution in [2.45, 2.75) is 73.3 Å². The number of hydrogen-bond donors (Lipinski definition) is 1. The van der Waals surface area contributed by atoms with E-state index in [2.05, 4.69) is 15.4 Å². The van der Waals surface area contributed by atoms with E-state index in [0.717, 1.165) is 6.08 Å². The van der Waals surface area contributed by atoms with Crippen LogP contribution in [0.2, 0.25) is 0 Å². The predicted molar refractivity (Wildman–Crippen MR) is 148 cm³/mol. The number of halogens is 2. The predicted octanol–water partition coefficient (Wildman–Crippen LogP) is 6.86. The number of carbonyl (C=O) groups excluding carboxylic acids is 1. The van der Waals surface area contributed by atoms with Gasteiger partial charge < -0.3 is 10.1 Å². The molecule has 0 saturated carbocycles. The quantitative estimate of drug-likeness (QED) is 0.216. The van der Waals surface area contributed by atoms with Gasteiger partial charge in [0.05, 0.1) is 29.7 Å². The van der Waals surface area contributed by atoms with Crippen LogP contribution < -0.4 is 10.1 Å². The molecule has 0 radical (unpaired) electrons. The van der Waals surface area contributed by atoms with Gasteiger partial charge in [0.2, 0.25) is 5.88 Å². The molecule has 2 aromatic heterocycles. The lowest BCUT2D eigenvalue weighted by Gasteiger charge is -2.30. The van der Waals surface area contributed by atoms with Gasteiger partial charge in [-0.05, 0) is 67.0 Å². The summed E-state index contributed by atoms with van der Waals surface area (Å²) >= 11 is 0. The van der Waals surface area contributed by atoms with Crippen LogP contribution in [0.4, 0.5) is 14.5 Å². The average molecular weight is 581 g/mol. The number of methoxy groups -OCH3 is 1. The fraction of sp³-hybridized carbons (Fsp3) is 0.444. The highest BCUT2D eigenvalue weighted by Gasteiger charge is 2.37. The number of aryl methyl sites for hydroxylation is 2. The van der Waals surface area contributed by atoms with Gasteiger partial charge >= 0.3 is 7.82 Å². The van der Waals surface area contributed by atoms with Crippen molar-refractivity contribution in [1.29, 1.82) is 0 Å². The summed E-state index contributed by atoms with van der Waals surface area (Å²) in [6.07, 6.45) is 2.25. The zero-order valence-electron chi connectivity index (χ0n) is 24.1. The van der Waals surface area contributed by atoms with Gasteiger partial charge in [-0.25, -0.2) is 23.0 Å². The molecule has 0 fully saturated rings. The van der Waals surface area contributed by atoms with Crippen LogP contribution in [-0.4, -0.2) is 39.0 Å². The summed E-state index contributed by atoms with van der Waals surface area (Å²) in [4.78, 5) is 16.7. The van der Waals surface area contributed by atoms with Crippen LogP contribution in [-0.2, 0) is 29.7 Å². The first kappa shape index (κ1) is 31.3. The Kier molecular flexibility index (Phi) is 9.20. The molecule has 0 spiro atoms. The maximum Gasteiger partial charge on any atom is 0.477 e. The molecule has 0 atom stereocenters. The standard InChI is InChI=1S/C27H35F2N4O6P/c1-16-12-21(36-9)30-17(2)23(16)31-25(34)20(28)13-18-10-11-19-14-33(32-24(19)22(18)29)15-37-40(35,38-26(3,4)5)39-27(6,7)8/h10-14H,15H2,1-9H3,(H,31,34)/b20-13-. The third kappa shape index (κ3) is 8.17. The molecule has 10 nitrogen and oxygen atoms in total. The van der Waals surface area contributed by atoms with Crippen LogP contribution in [0.15, 0.2) is 30.2 Å². The minimum absolute atomic E-state index is 0.0973. The minimum atomic E-state index is -4.03. The van der Waals surface area contributed by atoms with Crippen molar-refractivity contribution in [2.24, 2.45) is 0 Å². The van der Waals surface area contributed by atoms with Crippen molar-refractivity contribution in [1.82, 2.24) is 14.8 Å². The zero-order valence-corrected chi connectivity index (χ0v) is 25.0. The Hall–Kier alpha value is -3.18. The van der Waals surface area contributed by atoms with Crippen molar-refractivity contribution >= 4 is 36.4 Å². The summed E-state index contributed by atoms with van der Waals surface area (Å²) < 4.78 is 66.3. The van der Waals surface area contributed by atoms with Crippen LogP contribution in [0, 0.1) is 19.7 Å². The number of carbonyl (C=O) groups is 1. The number of aromatic nitrogens is 3. The first-order chi connectivity index (χ1) is 18.4. The number of benzene rings is 1. The zero-order chi connectivity index (χ0) is 30.0. The lowest BCUT2D eigenvalue weighted by atomic mass is 10.1. The lowest BCUT2D eigenvalue weighted by molar-refractivity contribution is -0.114. The number of rotatable bonds is 9. The van der Waals surface area contributed by atoms with E-state index in [9.17, 15) is 13.8 Å². The maximum absolute atomic E-state index is 15.3. The Morgan fingerprint density at radius 3 is 2.30 bits per heavy atom. The number of hydrogen-bond acceptors (Lipinski definition) is 8. The Bertz CT molecular complexity index is 1450. The maximum atomic E-state index is 15.3. The van der Waals surface area contributed by atoms with Gasteiger partial charge in [0.25, 0.3) is 5.91 Å². The normalized spacial score (nSPS) is 13.1. The second-order valence-corrected chi connectivity index (χ2v) is 12.6. The van der Waals surface area contributed by atoms with Crippen molar-refractivity contribution < 1.29 is 36.4 Å². The molecule has 1 amide bonds. The molecule has 1 N–H and O–H groups in total. The fourth-order valence-electron chi connectivity index (χ4n) is 3.63. The average Bonchev–Trinajstić information content (AvgIpc) is 3.23. The van der Waals surface area contributed by atoms with Crippen molar-refractivity contribution in [3.05, 3.63) is 52.9 Å². The van der Waals surface area contributed by atoms with E-state index in [-0.39, 0.29) is 17.8 Å². The van der Waals surface area contributed by atoms with E-state index < -0.39 is 36.6 Å². The number of amides is 1. The molecule has 0 aliphatic heterocycles. The second-order valence-electron chi connectivity index (χ2n) is 11.1. The number of pyridine rings is 1. The summed E-state index contributed by atoms with van der Waals surface area (Å²) in [6, 6.07) is 4.43. The van der Waals surface area contributed by atoms with Crippen LogP contribution >= 0.6 is 7.82 Å². The van der Waals surface area contributed by atoms with Gasteiger partial charge in [-0.2, -0.15) is 5.10 Å². The monoisotopic (exact) mass is 580 g/mol. The smallest absolute Gasteiger partial charge is 0.477 e. The molecule has 0 bridgehead atoms. The summed E-state index contributed by atoms with van der Waals surface area (Å²) in [5.41, 5.74) is -0.571. The van der Waals surface area contributed by atoms with Crippen molar-refractivity contribution in [3.8, 4) is 5.88 Å². The Balaban J connectivity index is 1.82. The number of ether oxygens (including phenoxy) is 1. The molecule has 3 rings (SSSR count). The number of anilines is 1. The SMILES string of the molecule is COc1cc(C)c(NC(=O)/C(F)=C/c2ccc3cn(COP(=O)(OC(C)(C)C)OC(C)(C)C)nc3c2F)c(C)n1. The molecule has 218 valence electrons. The van der Waals surface area contributed by atoms with Gasteiger partial charge in [0, 0.05) is 23.2 Å². The van der Waals surface area contributed by atoms with E-state index in [4.69, 9.17) is 18.3 Å². The van der Waals surface area contributed by atoms with E-state index in [1.807, 2.05) is 0 Å². The van der Waals surface area contributed by atoms with Crippen LogP contribution in [0.3, 0.4) is 0 Å². The molecule has 3 aromatic rings. The van der Waals surface area contributed by atoms with Crippen LogP contribution in [0.25, 0.3) is 17.0 Å². The second kappa shape index (κ2) is 11.7. The van der Waals surface area contributed by atoms with E-state index >= 15 is 4.39 Å². The minimum Gasteiger partial charge on any atom is -0.481 e. The molecular formula is C27H35F2N4O6P. The molecule has 0 saturated heterocycles. The third-order valence-electron chi connectivity index (χ3n) is 5.13. The molecule has 2 heterocycles. The molecule has 13 heteroatoms. The number of phosphoric ester groups is 1. The van der Waals surface area contributed by atoms with Crippen molar-refractivity contribution in [2.75, 3.05) is 12.4 Å². The largest absolute Gasteiger partial charge is 0.481 e. The Morgan fingerprint density at radius 2 is 1.75 bits per heavy atom. The Labute approximate surface area is 232 Å². The molecule has 0 unspecified atom stereocenters. The summed E-state index contributed by atoms with van der Waals surface area (Å²) in [5, 5.41) is 6.98.